The fourth-order valence-corrected chi connectivity index (χ4v) is 4.64. The summed E-state index contributed by atoms with van der Waals surface area (Å²) in [7, 11) is -2.20. The summed E-state index contributed by atoms with van der Waals surface area (Å²) in [4.78, 5) is 11.6. The molecule has 1 aromatic carbocycles. The minimum absolute atomic E-state index is 0.110. The van der Waals surface area contributed by atoms with Gasteiger partial charge in [-0.1, -0.05) is 19.8 Å². The number of carbonyl (C=O) groups is 1. The first-order chi connectivity index (χ1) is 11.9. The number of amides is 1. The molecule has 140 valence electrons. The van der Waals surface area contributed by atoms with Crippen LogP contribution in [0.15, 0.2) is 23.1 Å². The molecule has 0 saturated heterocycles. The second-order valence-corrected chi connectivity index (χ2v) is 8.08. The maximum Gasteiger partial charge on any atom is 0.241 e. The van der Waals surface area contributed by atoms with Crippen molar-refractivity contribution in [2.45, 2.75) is 56.0 Å². The van der Waals surface area contributed by atoms with E-state index in [2.05, 4.69) is 10.0 Å². The summed E-state index contributed by atoms with van der Waals surface area (Å²) in [6.45, 7) is 2.24. The molecule has 0 heterocycles. The Labute approximate surface area is 149 Å². The van der Waals surface area contributed by atoms with Gasteiger partial charge >= 0.3 is 0 Å². The Bertz CT molecular complexity index is 713. The van der Waals surface area contributed by atoms with Gasteiger partial charge in [-0.05, 0) is 31.0 Å². The van der Waals surface area contributed by atoms with Crippen LogP contribution in [0.5, 0.6) is 5.75 Å². The highest BCUT2D eigenvalue weighted by atomic mass is 32.2. The molecule has 0 aromatic heterocycles. The van der Waals surface area contributed by atoms with Gasteiger partial charge in [-0.15, -0.1) is 0 Å². The van der Waals surface area contributed by atoms with Crippen LogP contribution in [0.3, 0.4) is 0 Å². The number of carbonyl (C=O) groups excluding carboxylic acids is 1. The van der Waals surface area contributed by atoms with Crippen molar-refractivity contribution in [1.29, 1.82) is 0 Å². The van der Waals surface area contributed by atoms with Crippen molar-refractivity contribution in [3.63, 3.8) is 0 Å². The highest BCUT2D eigenvalue weighted by Crippen LogP contribution is 2.31. The van der Waals surface area contributed by atoms with Gasteiger partial charge in [0.25, 0.3) is 0 Å². The first kappa shape index (κ1) is 19.7. The SMILES string of the molecule is CCC(=O)NCc1cc(S(=O)(=O)NC2(CN)CCCC2)ccc1OC. The minimum atomic E-state index is -3.70. The van der Waals surface area contributed by atoms with Crippen LogP contribution in [0.4, 0.5) is 0 Å². The highest BCUT2D eigenvalue weighted by Gasteiger charge is 2.36. The molecule has 8 heteroatoms. The molecule has 25 heavy (non-hydrogen) atoms. The van der Waals surface area contributed by atoms with E-state index in [4.69, 9.17) is 10.5 Å². The van der Waals surface area contributed by atoms with Gasteiger partial charge in [0.15, 0.2) is 0 Å². The molecule has 1 fully saturated rings. The van der Waals surface area contributed by atoms with E-state index in [9.17, 15) is 13.2 Å². The summed E-state index contributed by atoms with van der Waals surface area (Å²) in [6, 6.07) is 4.65. The van der Waals surface area contributed by atoms with Crippen LogP contribution in [0.2, 0.25) is 0 Å². The lowest BCUT2D eigenvalue weighted by atomic mass is 10.0. The average molecular weight is 369 g/mol. The highest BCUT2D eigenvalue weighted by molar-refractivity contribution is 7.89. The van der Waals surface area contributed by atoms with Crippen LogP contribution in [0, 0.1) is 0 Å². The fourth-order valence-electron chi connectivity index (χ4n) is 3.12. The van der Waals surface area contributed by atoms with E-state index in [1.807, 2.05) is 0 Å². The van der Waals surface area contributed by atoms with E-state index < -0.39 is 15.6 Å². The number of sulfonamides is 1. The van der Waals surface area contributed by atoms with Crippen LogP contribution in [-0.4, -0.2) is 33.5 Å². The Balaban J connectivity index is 2.26. The topological polar surface area (TPSA) is 111 Å². The fraction of sp³-hybridized carbons (Fsp3) is 0.588. The van der Waals surface area contributed by atoms with Gasteiger partial charge in [-0.25, -0.2) is 13.1 Å². The first-order valence-corrected chi connectivity index (χ1v) is 10.0. The molecular weight excluding hydrogens is 342 g/mol. The number of rotatable bonds is 8. The molecule has 0 aliphatic heterocycles. The summed E-state index contributed by atoms with van der Waals surface area (Å²) >= 11 is 0. The van der Waals surface area contributed by atoms with E-state index in [-0.39, 0.29) is 23.9 Å². The summed E-state index contributed by atoms with van der Waals surface area (Å²) in [5.74, 6) is 0.422. The number of hydrogen-bond donors (Lipinski definition) is 3. The third kappa shape index (κ3) is 4.71. The van der Waals surface area contributed by atoms with Crippen molar-refractivity contribution in [3.05, 3.63) is 23.8 Å². The second kappa shape index (κ2) is 8.16. The maximum absolute atomic E-state index is 12.8. The third-order valence-corrected chi connectivity index (χ3v) is 6.24. The summed E-state index contributed by atoms with van der Waals surface area (Å²) in [6.07, 6.45) is 3.80. The molecule has 7 nitrogen and oxygen atoms in total. The van der Waals surface area contributed by atoms with Gasteiger partial charge in [0.2, 0.25) is 15.9 Å². The zero-order chi connectivity index (χ0) is 18.5. The number of hydrogen-bond acceptors (Lipinski definition) is 5. The van der Waals surface area contributed by atoms with E-state index >= 15 is 0 Å². The van der Waals surface area contributed by atoms with Crippen molar-refractivity contribution >= 4 is 15.9 Å². The molecule has 0 spiro atoms. The molecular formula is C17H27N3O4S. The average Bonchev–Trinajstić information content (AvgIpc) is 3.07. The Kier molecular flexibility index (Phi) is 6.42. The Morgan fingerprint density at radius 1 is 1.32 bits per heavy atom. The molecule has 0 bridgehead atoms. The number of nitrogens with one attached hydrogen (secondary N) is 2. The van der Waals surface area contributed by atoms with Crippen LogP contribution in [0.1, 0.15) is 44.6 Å². The second-order valence-electron chi connectivity index (χ2n) is 6.40. The molecule has 4 N–H and O–H groups in total. The third-order valence-electron chi connectivity index (χ3n) is 4.66. The molecule has 1 amide bonds. The summed E-state index contributed by atoms with van der Waals surface area (Å²) in [5.41, 5.74) is 5.88. The van der Waals surface area contributed by atoms with Crippen LogP contribution >= 0.6 is 0 Å². The molecule has 1 aliphatic rings. The van der Waals surface area contributed by atoms with Crippen molar-refractivity contribution in [2.75, 3.05) is 13.7 Å². The molecule has 0 atom stereocenters. The molecule has 0 unspecified atom stereocenters. The van der Waals surface area contributed by atoms with E-state index in [1.165, 1.54) is 19.2 Å². The lowest BCUT2D eigenvalue weighted by Crippen LogP contribution is -2.51. The van der Waals surface area contributed by atoms with E-state index in [0.717, 1.165) is 25.7 Å². The van der Waals surface area contributed by atoms with Crippen molar-refractivity contribution in [1.82, 2.24) is 10.0 Å². The van der Waals surface area contributed by atoms with E-state index in [0.29, 0.717) is 17.7 Å². The molecule has 1 aliphatic carbocycles. The zero-order valence-electron chi connectivity index (χ0n) is 14.8. The number of ether oxygens (including phenoxy) is 1. The van der Waals surface area contributed by atoms with Crippen LogP contribution < -0.4 is 20.5 Å². The van der Waals surface area contributed by atoms with Gasteiger partial charge < -0.3 is 15.8 Å². The normalized spacial score (nSPS) is 16.6. The Hall–Kier alpha value is -1.64. The molecule has 0 radical (unpaired) electrons. The van der Waals surface area contributed by atoms with Crippen LogP contribution in [-0.2, 0) is 21.4 Å². The maximum atomic E-state index is 12.8. The molecule has 2 rings (SSSR count). The predicted octanol–water partition coefficient (Wildman–Crippen LogP) is 1.27. The molecule has 1 aromatic rings. The van der Waals surface area contributed by atoms with E-state index in [1.54, 1.807) is 13.0 Å². The van der Waals surface area contributed by atoms with Gasteiger partial charge in [-0.3, -0.25) is 4.79 Å². The predicted molar refractivity (Wildman–Crippen MR) is 95.7 cm³/mol. The van der Waals surface area contributed by atoms with Gasteiger partial charge in [-0.2, -0.15) is 0 Å². The minimum Gasteiger partial charge on any atom is -0.496 e. The number of methoxy groups -OCH3 is 1. The lowest BCUT2D eigenvalue weighted by Gasteiger charge is -2.28. The first-order valence-electron chi connectivity index (χ1n) is 8.53. The quantitative estimate of drug-likeness (QED) is 0.639. The Morgan fingerprint density at radius 3 is 2.56 bits per heavy atom. The lowest BCUT2D eigenvalue weighted by molar-refractivity contribution is -0.120. The van der Waals surface area contributed by atoms with Gasteiger partial charge in [0.05, 0.1) is 12.0 Å². The number of nitrogens with two attached hydrogens (primary N) is 1. The van der Waals surface area contributed by atoms with Crippen molar-refractivity contribution in [2.24, 2.45) is 5.73 Å². The van der Waals surface area contributed by atoms with Gasteiger partial charge in [0, 0.05) is 30.6 Å². The monoisotopic (exact) mass is 369 g/mol. The summed E-state index contributed by atoms with van der Waals surface area (Å²) in [5, 5.41) is 2.74. The zero-order valence-corrected chi connectivity index (χ0v) is 15.6. The Morgan fingerprint density at radius 2 is 2.00 bits per heavy atom. The number of benzene rings is 1. The largest absolute Gasteiger partial charge is 0.496 e. The van der Waals surface area contributed by atoms with Crippen LogP contribution in [0.25, 0.3) is 0 Å². The summed E-state index contributed by atoms with van der Waals surface area (Å²) < 4.78 is 33.7. The van der Waals surface area contributed by atoms with Crippen molar-refractivity contribution < 1.29 is 17.9 Å². The van der Waals surface area contributed by atoms with Crippen molar-refractivity contribution in [3.8, 4) is 5.75 Å². The smallest absolute Gasteiger partial charge is 0.241 e. The van der Waals surface area contributed by atoms with Gasteiger partial charge in [0.1, 0.15) is 5.75 Å². The molecule has 1 saturated carbocycles. The standard InChI is InChI=1S/C17H27N3O4S/c1-3-16(21)19-11-13-10-14(6-7-15(13)24-2)25(22,23)20-17(12-18)8-4-5-9-17/h6-7,10,20H,3-5,8-9,11-12,18H2,1-2H3,(H,19,21).